The maximum atomic E-state index is 11.8. The molecule has 108 valence electrons. The quantitative estimate of drug-likeness (QED) is 0.835. The van der Waals surface area contributed by atoms with Crippen LogP contribution in [0.25, 0.3) is 6.08 Å². The highest BCUT2D eigenvalue weighted by molar-refractivity contribution is 5.86. The zero-order chi connectivity index (χ0) is 15.3. The van der Waals surface area contributed by atoms with Gasteiger partial charge in [-0.1, -0.05) is 18.2 Å². The molecule has 0 radical (unpaired) electrons. The number of carboxylic acids is 1. The molecule has 0 aliphatic carbocycles. The molecule has 0 saturated carbocycles. The van der Waals surface area contributed by atoms with Crippen LogP contribution in [0.1, 0.15) is 18.1 Å². The molecule has 0 saturated heterocycles. The van der Waals surface area contributed by atoms with Crippen molar-refractivity contribution in [2.24, 2.45) is 0 Å². The number of para-hydroxylation sites is 1. The molecule has 0 fully saturated rings. The number of aryl methyl sites for hydroxylation is 1. The van der Waals surface area contributed by atoms with Gasteiger partial charge in [0.2, 0.25) is 0 Å². The van der Waals surface area contributed by atoms with Crippen LogP contribution in [0.2, 0.25) is 0 Å². The van der Waals surface area contributed by atoms with E-state index in [2.05, 4.69) is 0 Å². The maximum absolute atomic E-state index is 11.8. The SMILES string of the molecule is Cc1cccc(/C=C/C(=O)O)c1OC(C)C(=O)N(C)C. The monoisotopic (exact) mass is 277 g/mol. The summed E-state index contributed by atoms with van der Waals surface area (Å²) in [5, 5.41) is 8.69. The lowest BCUT2D eigenvalue weighted by Crippen LogP contribution is -2.35. The molecule has 1 unspecified atom stereocenters. The summed E-state index contributed by atoms with van der Waals surface area (Å²) >= 11 is 0. The molecule has 20 heavy (non-hydrogen) atoms. The van der Waals surface area contributed by atoms with Gasteiger partial charge < -0.3 is 14.7 Å². The van der Waals surface area contributed by atoms with Gasteiger partial charge in [-0.25, -0.2) is 4.79 Å². The second kappa shape index (κ2) is 6.75. The van der Waals surface area contributed by atoms with E-state index in [-0.39, 0.29) is 5.91 Å². The second-order valence-electron chi connectivity index (χ2n) is 4.66. The normalized spacial score (nSPS) is 12.2. The summed E-state index contributed by atoms with van der Waals surface area (Å²) in [4.78, 5) is 23.9. The smallest absolute Gasteiger partial charge is 0.328 e. The van der Waals surface area contributed by atoms with Gasteiger partial charge in [0.15, 0.2) is 6.10 Å². The van der Waals surface area contributed by atoms with Crippen LogP contribution >= 0.6 is 0 Å². The zero-order valence-electron chi connectivity index (χ0n) is 12.1. The fraction of sp³-hybridized carbons (Fsp3) is 0.333. The summed E-state index contributed by atoms with van der Waals surface area (Å²) in [5.41, 5.74) is 1.47. The summed E-state index contributed by atoms with van der Waals surface area (Å²) in [6, 6.07) is 5.40. The van der Waals surface area contributed by atoms with Crippen LogP contribution in [-0.4, -0.2) is 42.1 Å². The van der Waals surface area contributed by atoms with Gasteiger partial charge in [-0.3, -0.25) is 4.79 Å². The summed E-state index contributed by atoms with van der Waals surface area (Å²) in [7, 11) is 3.32. The highest BCUT2D eigenvalue weighted by atomic mass is 16.5. The van der Waals surface area contributed by atoms with Crippen LogP contribution in [0, 0.1) is 6.92 Å². The molecule has 5 heteroatoms. The Labute approximate surface area is 118 Å². The molecule has 0 heterocycles. The Morgan fingerprint density at radius 1 is 1.35 bits per heavy atom. The number of benzene rings is 1. The van der Waals surface area contributed by atoms with E-state index in [4.69, 9.17) is 9.84 Å². The van der Waals surface area contributed by atoms with E-state index in [0.717, 1.165) is 11.6 Å². The molecule has 0 aliphatic rings. The molecule has 1 aromatic rings. The van der Waals surface area contributed by atoms with E-state index >= 15 is 0 Å². The predicted octanol–water partition coefficient (Wildman–Crippen LogP) is 1.95. The fourth-order valence-corrected chi connectivity index (χ4v) is 1.72. The van der Waals surface area contributed by atoms with E-state index in [1.165, 1.54) is 11.0 Å². The van der Waals surface area contributed by atoms with Crippen LogP contribution < -0.4 is 4.74 Å². The molecular formula is C15H19NO4. The number of carboxylic acid groups (broad SMARTS) is 1. The van der Waals surface area contributed by atoms with Crippen LogP contribution in [0.3, 0.4) is 0 Å². The van der Waals surface area contributed by atoms with Gasteiger partial charge in [0.25, 0.3) is 5.91 Å². The van der Waals surface area contributed by atoms with Gasteiger partial charge in [0.05, 0.1) is 0 Å². The minimum atomic E-state index is -1.03. The van der Waals surface area contributed by atoms with Crippen LogP contribution in [0.4, 0.5) is 0 Å². The largest absolute Gasteiger partial charge is 0.480 e. The van der Waals surface area contributed by atoms with Gasteiger partial charge >= 0.3 is 5.97 Å². The molecule has 0 aromatic heterocycles. The topological polar surface area (TPSA) is 66.8 Å². The minimum Gasteiger partial charge on any atom is -0.480 e. The Balaban J connectivity index is 3.04. The highest BCUT2D eigenvalue weighted by Gasteiger charge is 2.18. The molecule has 0 bridgehead atoms. The summed E-state index contributed by atoms with van der Waals surface area (Å²) in [6.07, 6.45) is 1.86. The third-order valence-corrected chi connectivity index (χ3v) is 2.73. The van der Waals surface area contributed by atoms with Crippen molar-refractivity contribution in [2.45, 2.75) is 20.0 Å². The second-order valence-corrected chi connectivity index (χ2v) is 4.66. The lowest BCUT2D eigenvalue weighted by atomic mass is 10.1. The van der Waals surface area contributed by atoms with Crippen LogP contribution in [0.15, 0.2) is 24.3 Å². The molecule has 1 aromatic carbocycles. The first kappa shape index (κ1) is 15.8. The van der Waals surface area contributed by atoms with Crippen molar-refractivity contribution in [1.82, 2.24) is 4.90 Å². The summed E-state index contributed by atoms with van der Waals surface area (Å²) < 4.78 is 5.70. The fourth-order valence-electron chi connectivity index (χ4n) is 1.72. The molecule has 1 rings (SSSR count). The lowest BCUT2D eigenvalue weighted by molar-refractivity contribution is -0.135. The molecule has 0 aliphatic heterocycles. The minimum absolute atomic E-state index is 0.151. The van der Waals surface area contributed by atoms with E-state index in [1.807, 2.05) is 19.1 Å². The summed E-state index contributed by atoms with van der Waals surface area (Å²) in [5.74, 6) is -0.663. The first-order chi connectivity index (χ1) is 9.32. The third-order valence-electron chi connectivity index (χ3n) is 2.73. The average Bonchev–Trinajstić information content (AvgIpc) is 2.38. The zero-order valence-corrected chi connectivity index (χ0v) is 12.1. The van der Waals surface area contributed by atoms with Gasteiger partial charge in [0.1, 0.15) is 5.75 Å². The molecule has 0 spiro atoms. The lowest BCUT2D eigenvalue weighted by Gasteiger charge is -2.20. The van der Waals surface area contributed by atoms with Crippen molar-refractivity contribution in [3.05, 3.63) is 35.4 Å². The van der Waals surface area contributed by atoms with Crippen molar-refractivity contribution < 1.29 is 19.4 Å². The Kier molecular flexibility index (Phi) is 5.32. The van der Waals surface area contributed by atoms with Gasteiger partial charge in [-0.2, -0.15) is 0 Å². The number of likely N-dealkylation sites (N-methyl/N-ethyl adjacent to an activating group) is 1. The van der Waals surface area contributed by atoms with Crippen molar-refractivity contribution in [3.63, 3.8) is 0 Å². The standard InChI is InChI=1S/C15H19NO4/c1-10-6-5-7-12(8-9-13(17)18)14(10)20-11(2)15(19)16(3)4/h5-9,11H,1-4H3,(H,17,18)/b9-8+. The van der Waals surface area contributed by atoms with Crippen molar-refractivity contribution in [3.8, 4) is 5.75 Å². The first-order valence-electron chi connectivity index (χ1n) is 6.21. The number of hydrogen-bond donors (Lipinski definition) is 1. The van der Waals surface area contributed by atoms with Gasteiger partial charge in [0, 0.05) is 25.7 Å². The Hall–Kier alpha value is -2.30. The van der Waals surface area contributed by atoms with Crippen LogP contribution in [0.5, 0.6) is 5.75 Å². The van der Waals surface area contributed by atoms with Gasteiger partial charge in [-0.05, 0) is 25.5 Å². The van der Waals surface area contributed by atoms with E-state index in [1.54, 1.807) is 27.1 Å². The summed E-state index contributed by atoms with van der Waals surface area (Å²) in [6.45, 7) is 3.51. The third kappa shape index (κ3) is 4.12. The van der Waals surface area contributed by atoms with Gasteiger partial charge in [-0.15, -0.1) is 0 Å². The van der Waals surface area contributed by atoms with E-state index in [0.29, 0.717) is 11.3 Å². The van der Waals surface area contributed by atoms with Crippen molar-refractivity contribution in [2.75, 3.05) is 14.1 Å². The molecular weight excluding hydrogens is 258 g/mol. The Bertz CT molecular complexity index is 535. The number of aliphatic carboxylic acids is 1. The predicted molar refractivity (Wildman–Crippen MR) is 76.6 cm³/mol. The number of hydrogen-bond acceptors (Lipinski definition) is 3. The molecule has 1 amide bonds. The van der Waals surface area contributed by atoms with Crippen LogP contribution in [-0.2, 0) is 9.59 Å². The number of rotatable bonds is 5. The average molecular weight is 277 g/mol. The van der Waals surface area contributed by atoms with E-state index < -0.39 is 12.1 Å². The number of amides is 1. The molecule has 1 N–H and O–H groups in total. The number of ether oxygens (including phenoxy) is 1. The number of nitrogens with zero attached hydrogens (tertiary/aromatic N) is 1. The van der Waals surface area contributed by atoms with Crippen molar-refractivity contribution >= 4 is 18.0 Å². The Morgan fingerprint density at radius 3 is 2.55 bits per heavy atom. The number of carbonyl (C=O) groups is 2. The highest BCUT2D eigenvalue weighted by Crippen LogP contribution is 2.26. The number of carbonyl (C=O) groups excluding carboxylic acids is 1. The molecule has 1 atom stereocenters. The Morgan fingerprint density at radius 2 is 2.00 bits per heavy atom. The molecule has 5 nitrogen and oxygen atoms in total. The first-order valence-corrected chi connectivity index (χ1v) is 6.21. The van der Waals surface area contributed by atoms with Crippen molar-refractivity contribution in [1.29, 1.82) is 0 Å². The van der Waals surface area contributed by atoms with E-state index in [9.17, 15) is 9.59 Å². The maximum Gasteiger partial charge on any atom is 0.328 e.